The maximum absolute atomic E-state index is 2.69. The Balaban J connectivity index is 1.25. The van der Waals surface area contributed by atoms with Crippen LogP contribution in [-0.4, -0.2) is 11.4 Å². The molecule has 0 bridgehead atoms. The van der Waals surface area contributed by atoms with E-state index in [1.165, 1.54) is 117 Å². The van der Waals surface area contributed by atoms with Crippen LogP contribution in [0.25, 0.3) is 60.9 Å². The predicted molar refractivity (Wildman–Crippen MR) is 252 cm³/mol. The minimum absolute atomic E-state index is 0.0122. The summed E-state index contributed by atoms with van der Waals surface area (Å²) in [5.74, 6) is 0. The summed E-state index contributed by atoms with van der Waals surface area (Å²) in [6, 6.07) is 50.2. The molecule has 288 valence electrons. The summed E-state index contributed by atoms with van der Waals surface area (Å²) in [4.78, 5) is 2.69. The zero-order valence-electron chi connectivity index (χ0n) is 36.1. The van der Waals surface area contributed by atoms with E-state index in [1.807, 2.05) is 0 Å². The molecule has 0 saturated carbocycles. The number of benzene rings is 7. The lowest BCUT2D eigenvalue weighted by atomic mass is 9.43. The van der Waals surface area contributed by atoms with Gasteiger partial charge in [-0.2, -0.15) is 0 Å². The van der Waals surface area contributed by atoms with Crippen LogP contribution in [0.1, 0.15) is 103 Å². The monoisotopic (exact) mass is 762 g/mol. The Morgan fingerprint density at radius 2 is 1.05 bits per heavy atom. The Morgan fingerprint density at radius 1 is 0.458 bits per heavy atom. The van der Waals surface area contributed by atoms with Crippen molar-refractivity contribution in [2.24, 2.45) is 0 Å². The first-order chi connectivity index (χ1) is 28.0. The number of aromatic nitrogens is 1. The Hall–Kier alpha value is -5.80. The van der Waals surface area contributed by atoms with Crippen LogP contribution in [0.3, 0.4) is 0 Å². The van der Waals surface area contributed by atoms with Crippen LogP contribution >= 0.6 is 0 Å². The third-order valence-corrected chi connectivity index (χ3v) is 14.9. The molecule has 59 heavy (non-hydrogen) atoms. The van der Waals surface area contributed by atoms with Gasteiger partial charge in [0.1, 0.15) is 0 Å². The predicted octanol–water partition coefficient (Wildman–Crippen LogP) is 13.2. The standard InChI is InChI=1S/C56H51BN2/c1-53(2,3)32-19-22-34(23-20-32)59-48-26-21-33(54(4,5)6)27-41(48)37-24-25-38-42-28-45-40(36-16-12-14-18-44(36)55(45,7)8)30-49(42)58-50-31-46-39(29-47(50)57(59)51(37)52(38)58)35-15-11-13-17-43(35)56(46,9)10/h11-31H,1-10H3. The molecule has 0 atom stereocenters. The lowest BCUT2D eigenvalue weighted by Gasteiger charge is -2.43. The molecule has 0 saturated heterocycles. The molecule has 7 aromatic carbocycles. The van der Waals surface area contributed by atoms with Gasteiger partial charge in [-0.1, -0.05) is 154 Å². The zero-order chi connectivity index (χ0) is 40.7. The summed E-state index contributed by atoms with van der Waals surface area (Å²) in [7, 11) is 0. The van der Waals surface area contributed by atoms with Crippen molar-refractivity contribution in [3.8, 4) is 39.1 Å². The van der Waals surface area contributed by atoms with Crippen molar-refractivity contribution in [1.29, 1.82) is 0 Å². The Morgan fingerprint density at radius 3 is 1.69 bits per heavy atom. The summed E-state index contributed by atoms with van der Waals surface area (Å²) >= 11 is 0. The number of nitrogens with zero attached hydrogens (tertiary/aromatic N) is 2. The topological polar surface area (TPSA) is 8.17 Å². The van der Waals surface area contributed by atoms with Gasteiger partial charge >= 0.3 is 6.85 Å². The van der Waals surface area contributed by atoms with Crippen LogP contribution < -0.4 is 15.7 Å². The average molecular weight is 763 g/mol. The van der Waals surface area contributed by atoms with Crippen LogP contribution in [0.5, 0.6) is 0 Å². The fraction of sp³-hybridized carbons (Fsp3) is 0.250. The average Bonchev–Trinajstić information content (AvgIpc) is 3.74. The third kappa shape index (κ3) is 4.44. The van der Waals surface area contributed by atoms with Gasteiger partial charge in [-0.15, -0.1) is 0 Å². The minimum Gasteiger partial charge on any atom is -0.376 e. The van der Waals surface area contributed by atoms with E-state index in [4.69, 9.17) is 0 Å². The van der Waals surface area contributed by atoms with Gasteiger partial charge in [0.05, 0.1) is 11.0 Å². The summed E-state index contributed by atoms with van der Waals surface area (Å²) in [5.41, 5.74) is 25.6. The molecule has 3 heteroatoms. The zero-order valence-corrected chi connectivity index (χ0v) is 36.1. The second-order valence-corrected chi connectivity index (χ2v) is 21.0. The molecular formula is C56H51BN2. The quantitative estimate of drug-likeness (QED) is 0.151. The summed E-state index contributed by atoms with van der Waals surface area (Å²) < 4.78 is 2.68. The Bertz CT molecular complexity index is 3180. The first kappa shape index (κ1) is 35.2. The van der Waals surface area contributed by atoms with Crippen molar-refractivity contribution < 1.29 is 0 Å². The number of rotatable bonds is 1. The second-order valence-electron chi connectivity index (χ2n) is 21.0. The smallest absolute Gasteiger partial charge is 0.333 e. The Kier molecular flexibility index (Phi) is 6.60. The molecular weight excluding hydrogens is 711 g/mol. The highest BCUT2D eigenvalue weighted by Gasteiger charge is 2.47. The summed E-state index contributed by atoms with van der Waals surface area (Å²) in [6.07, 6.45) is 0. The number of hydrogen-bond acceptors (Lipinski definition) is 1. The van der Waals surface area contributed by atoms with Gasteiger partial charge in [0.15, 0.2) is 0 Å². The summed E-state index contributed by atoms with van der Waals surface area (Å²) in [6.45, 7) is 23.6. The molecule has 3 heterocycles. The van der Waals surface area contributed by atoms with Crippen LogP contribution in [-0.2, 0) is 21.7 Å². The van der Waals surface area contributed by atoms with Crippen LogP contribution in [0, 0.1) is 0 Å². The lowest BCUT2D eigenvalue weighted by Crippen LogP contribution is -2.60. The first-order valence-corrected chi connectivity index (χ1v) is 21.6. The van der Waals surface area contributed by atoms with Crippen LogP contribution in [0.4, 0.5) is 11.4 Å². The highest BCUT2D eigenvalue weighted by molar-refractivity contribution is 6.93. The van der Waals surface area contributed by atoms with Crippen molar-refractivity contribution >= 4 is 51.0 Å². The lowest BCUT2D eigenvalue weighted by molar-refractivity contribution is 0.590. The molecule has 1 aromatic heterocycles. The van der Waals surface area contributed by atoms with Gasteiger partial charge < -0.3 is 9.38 Å². The second kappa shape index (κ2) is 11.1. The van der Waals surface area contributed by atoms with Crippen molar-refractivity contribution in [2.45, 2.75) is 90.9 Å². The van der Waals surface area contributed by atoms with Crippen LogP contribution in [0.15, 0.2) is 127 Å². The SMILES string of the molecule is CC(C)(C)c1ccc(N2B3c4cc5c(cc4-n4c6cc7c(cc6c6ccc(c3c64)-c3cc(C(C)(C)C)ccc32)C(C)(C)c2ccccc2-7)C(C)(C)c2ccccc2-5)cc1. The highest BCUT2D eigenvalue weighted by atomic mass is 15.1. The molecule has 2 aliphatic heterocycles. The first-order valence-electron chi connectivity index (χ1n) is 21.6. The molecule has 4 aliphatic rings. The fourth-order valence-corrected chi connectivity index (χ4v) is 11.7. The molecule has 0 fully saturated rings. The molecule has 2 nitrogen and oxygen atoms in total. The molecule has 0 unspecified atom stereocenters. The largest absolute Gasteiger partial charge is 0.376 e. The molecule has 0 N–H and O–H groups in total. The van der Waals surface area contributed by atoms with Gasteiger partial charge in [-0.05, 0) is 125 Å². The minimum atomic E-state index is -0.125. The van der Waals surface area contributed by atoms with E-state index in [1.54, 1.807) is 0 Å². The van der Waals surface area contributed by atoms with Crippen molar-refractivity contribution in [2.75, 3.05) is 4.81 Å². The highest BCUT2D eigenvalue weighted by Crippen LogP contribution is 2.54. The van der Waals surface area contributed by atoms with E-state index >= 15 is 0 Å². The molecule has 2 aliphatic carbocycles. The van der Waals surface area contributed by atoms with Gasteiger partial charge in [0, 0.05) is 44.2 Å². The van der Waals surface area contributed by atoms with E-state index in [9.17, 15) is 0 Å². The van der Waals surface area contributed by atoms with Crippen molar-refractivity contribution in [3.63, 3.8) is 0 Å². The number of anilines is 2. The maximum atomic E-state index is 2.69. The number of fused-ring (bicyclic) bond motifs is 14. The maximum Gasteiger partial charge on any atom is 0.333 e. The molecule has 0 spiro atoms. The molecule has 12 rings (SSSR count). The fourth-order valence-electron chi connectivity index (χ4n) is 11.7. The van der Waals surface area contributed by atoms with E-state index in [0.717, 1.165) is 0 Å². The summed E-state index contributed by atoms with van der Waals surface area (Å²) in [5, 5.41) is 2.68. The van der Waals surface area contributed by atoms with Gasteiger partial charge in [-0.25, -0.2) is 0 Å². The molecule has 0 amide bonds. The van der Waals surface area contributed by atoms with Crippen molar-refractivity contribution in [3.05, 3.63) is 161 Å². The third-order valence-electron chi connectivity index (χ3n) is 14.9. The van der Waals surface area contributed by atoms with Crippen LogP contribution in [0.2, 0.25) is 0 Å². The van der Waals surface area contributed by atoms with Gasteiger partial charge in [0.25, 0.3) is 0 Å². The van der Waals surface area contributed by atoms with E-state index < -0.39 is 0 Å². The Labute approximate surface area is 349 Å². The van der Waals surface area contributed by atoms with Crippen molar-refractivity contribution in [1.82, 2.24) is 4.57 Å². The van der Waals surface area contributed by atoms with E-state index in [0.29, 0.717) is 0 Å². The van der Waals surface area contributed by atoms with Gasteiger partial charge in [-0.3, -0.25) is 0 Å². The normalized spacial score (nSPS) is 16.2. The van der Waals surface area contributed by atoms with E-state index in [2.05, 4.69) is 206 Å². The van der Waals surface area contributed by atoms with E-state index in [-0.39, 0.29) is 28.5 Å². The van der Waals surface area contributed by atoms with Gasteiger partial charge in [0.2, 0.25) is 0 Å². The molecule has 0 radical (unpaired) electrons. The molecule has 8 aromatic rings. The number of hydrogen-bond donors (Lipinski definition) is 0.